The highest BCUT2D eigenvalue weighted by Gasteiger charge is 2.15. The molecule has 0 fully saturated rings. The first kappa shape index (κ1) is 13.7. The van der Waals surface area contributed by atoms with E-state index in [-0.39, 0.29) is 0 Å². The quantitative estimate of drug-likeness (QED) is 0.472. The van der Waals surface area contributed by atoms with Crippen LogP contribution in [0.4, 0.5) is 0 Å². The lowest BCUT2D eigenvalue weighted by Crippen LogP contribution is -1.87. The Kier molecular flexibility index (Phi) is 4.21. The molecule has 94 valence electrons. The normalized spacial score (nSPS) is 12.2. The fourth-order valence-corrected chi connectivity index (χ4v) is 2.08. The lowest BCUT2D eigenvalue weighted by Gasteiger charge is -1.98. The topological polar surface area (TPSA) is 0 Å². The van der Waals surface area contributed by atoms with Crippen molar-refractivity contribution in [1.82, 2.24) is 0 Å². The highest BCUT2D eigenvalue weighted by molar-refractivity contribution is 6.67. The Labute approximate surface area is 122 Å². The highest BCUT2D eigenvalue weighted by Crippen LogP contribution is 2.35. The minimum Gasteiger partial charge on any atom is -0.0840 e. The van der Waals surface area contributed by atoms with E-state index < -0.39 is 3.79 Å². The largest absolute Gasteiger partial charge is 0.187 e. The first-order valence-electron chi connectivity index (χ1n) is 5.68. The summed E-state index contributed by atoms with van der Waals surface area (Å²) >= 11 is 15.2. The van der Waals surface area contributed by atoms with E-state index in [1.807, 2.05) is 0 Å². The summed E-state index contributed by atoms with van der Waals surface area (Å²) in [5.41, 5.74) is 5.75. The van der Waals surface area contributed by atoms with E-state index in [0.717, 1.165) is 6.42 Å². The van der Waals surface area contributed by atoms with Gasteiger partial charge in [0, 0.05) is 0 Å². The molecule has 1 aliphatic carbocycles. The molecule has 0 aromatic heterocycles. The van der Waals surface area contributed by atoms with Crippen LogP contribution in [0, 0.1) is 0 Å². The molecule has 0 atom stereocenters. The summed E-state index contributed by atoms with van der Waals surface area (Å²) in [7, 11) is 0. The minimum atomic E-state index is -1.08. The lowest BCUT2D eigenvalue weighted by atomic mass is 10.1. The SMILES string of the molecule is CC(Cl)(Cl)Cl.c1ccc2c(c1)Cc1ccccc1-2. The van der Waals surface area contributed by atoms with Crippen LogP contribution in [0.1, 0.15) is 18.1 Å². The van der Waals surface area contributed by atoms with E-state index in [4.69, 9.17) is 34.8 Å². The van der Waals surface area contributed by atoms with Crippen molar-refractivity contribution >= 4 is 34.8 Å². The Bertz CT molecular complexity index is 492. The smallest absolute Gasteiger partial charge is 0.0840 e. The van der Waals surface area contributed by atoms with Gasteiger partial charge in [0.2, 0.25) is 0 Å². The van der Waals surface area contributed by atoms with Crippen molar-refractivity contribution in [2.45, 2.75) is 17.1 Å². The number of rotatable bonds is 0. The zero-order chi connectivity index (χ0) is 13.2. The molecule has 18 heavy (non-hydrogen) atoms. The number of benzene rings is 2. The molecule has 0 bridgehead atoms. The van der Waals surface area contributed by atoms with Gasteiger partial charge in [0.15, 0.2) is 3.79 Å². The molecule has 3 rings (SSSR count). The molecule has 0 N–H and O–H groups in total. The monoisotopic (exact) mass is 298 g/mol. The maximum atomic E-state index is 5.06. The van der Waals surface area contributed by atoms with Gasteiger partial charge in [-0.3, -0.25) is 0 Å². The first-order valence-corrected chi connectivity index (χ1v) is 6.81. The van der Waals surface area contributed by atoms with Gasteiger partial charge in [0.25, 0.3) is 0 Å². The van der Waals surface area contributed by atoms with Crippen LogP contribution in [0.5, 0.6) is 0 Å². The molecule has 3 heteroatoms. The van der Waals surface area contributed by atoms with Crippen molar-refractivity contribution in [1.29, 1.82) is 0 Å². The first-order chi connectivity index (χ1) is 8.45. The summed E-state index contributed by atoms with van der Waals surface area (Å²) < 4.78 is -1.08. The van der Waals surface area contributed by atoms with Crippen LogP contribution in [0.15, 0.2) is 48.5 Å². The molecule has 0 radical (unpaired) electrons. The summed E-state index contributed by atoms with van der Waals surface area (Å²) in [6.07, 6.45) is 1.10. The van der Waals surface area contributed by atoms with Gasteiger partial charge < -0.3 is 0 Å². The van der Waals surface area contributed by atoms with E-state index in [2.05, 4.69) is 48.5 Å². The van der Waals surface area contributed by atoms with Crippen LogP contribution >= 0.6 is 34.8 Å². The Morgan fingerprint density at radius 2 is 1.11 bits per heavy atom. The summed E-state index contributed by atoms with van der Waals surface area (Å²) in [5.74, 6) is 0. The third kappa shape index (κ3) is 3.65. The van der Waals surface area contributed by atoms with Crippen molar-refractivity contribution in [2.24, 2.45) is 0 Å². The zero-order valence-corrected chi connectivity index (χ0v) is 12.2. The second-order valence-corrected chi connectivity index (χ2v) is 7.12. The predicted molar refractivity (Wildman–Crippen MR) is 80.6 cm³/mol. The van der Waals surface area contributed by atoms with E-state index in [1.54, 1.807) is 0 Å². The number of fused-ring (bicyclic) bond motifs is 3. The average Bonchev–Trinajstić information content (AvgIpc) is 2.65. The fraction of sp³-hybridized carbons (Fsp3) is 0.200. The van der Waals surface area contributed by atoms with Crippen LogP contribution < -0.4 is 0 Å². The zero-order valence-electron chi connectivity index (χ0n) is 9.96. The van der Waals surface area contributed by atoms with Gasteiger partial charge in [-0.25, -0.2) is 0 Å². The van der Waals surface area contributed by atoms with Crippen LogP contribution in [-0.4, -0.2) is 3.79 Å². The predicted octanol–water partition coefficient (Wildman–Crippen LogP) is 5.63. The van der Waals surface area contributed by atoms with Gasteiger partial charge in [0.05, 0.1) is 0 Å². The molecule has 2 aromatic carbocycles. The maximum absolute atomic E-state index is 5.06. The summed E-state index contributed by atoms with van der Waals surface area (Å²) in [6.45, 7) is 1.48. The van der Waals surface area contributed by atoms with Crippen molar-refractivity contribution in [3.63, 3.8) is 0 Å². The van der Waals surface area contributed by atoms with Gasteiger partial charge >= 0.3 is 0 Å². The Morgan fingerprint density at radius 1 is 0.778 bits per heavy atom. The molecule has 0 unspecified atom stereocenters. The van der Waals surface area contributed by atoms with Crippen molar-refractivity contribution in [3.05, 3.63) is 59.7 Å². The van der Waals surface area contributed by atoms with E-state index in [1.165, 1.54) is 29.2 Å². The van der Waals surface area contributed by atoms with Gasteiger partial charge in [-0.1, -0.05) is 83.3 Å². The molecule has 2 aromatic rings. The average molecular weight is 300 g/mol. The number of alkyl halides is 3. The molecule has 0 nitrogen and oxygen atoms in total. The van der Waals surface area contributed by atoms with Crippen molar-refractivity contribution in [2.75, 3.05) is 0 Å². The Balaban J connectivity index is 0.000000209. The standard InChI is InChI=1S/C13H10.C2H3Cl3/c1-3-7-12-10(5-1)9-11-6-2-4-8-13(11)12;1-2(3,4)5/h1-8H,9H2;1H3. The molecule has 0 saturated carbocycles. The Morgan fingerprint density at radius 3 is 1.50 bits per heavy atom. The molecule has 0 spiro atoms. The van der Waals surface area contributed by atoms with Crippen molar-refractivity contribution < 1.29 is 0 Å². The van der Waals surface area contributed by atoms with Gasteiger partial charge in [-0.05, 0) is 35.6 Å². The summed E-state index contributed by atoms with van der Waals surface area (Å²) in [6, 6.07) is 17.3. The maximum Gasteiger partial charge on any atom is 0.187 e. The van der Waals surface area contributed by atoms with E-state index >= 15 is 0 Å². The molecule has 0 heterocycles. The molecule has 1 aliphatic rings. The van der Waals surface area contributed by atoms with E-state index in [0.29, 0.717) is 0 Å². The Hall–Kier alpha value is -0.690. The molecular weight excluding hydrogens is 287 g/mol. The molecule has 0 amide bonds. The number of halogens is 3. The summed E-state index contributed by atoms with van der Waals surface area (Å²) in [4.78, 5) is 0. The van der Waals surface area contributed by atoms with Crippen molar-refractivity contribution in [3.8, 4) is 11.1 Å². The van der Waals surface area contributed by atoms with Crippen LogP contribution in [0.25, 0.3) is 11.1 Å². The van der Waals surface area contributed by atoms with Gasteiger partial charge in [0.1, 0.15) is 0 Å². The lowest BCUT2D eigenvalue weighted by molar-refractivity contribution is 1.26. The third-order valence-electron chi connectivity index (χ3n) is 2.71. The van der Waals surface area contributed by atoms with Gasteiger partial charge in [-0.2, -0.15) is 0 Å². The van der Waals surface area contributed by atoms with Crippen LogP contribution in [0.2, 0.25) is 0 Å². The van der Waals surface area contributed by atoms with Crippen LogP contribution in [0.3, 0.4) is 0 Å². The molecule has 0 aliphatic heterocycles. The van der Waals surface area contributed by atoms with Gasteiger partial charge in [-0.15, -0.1) is 0 Å². The molecular formula is C15H13Cl3. The van der Waals surface area contributed by atoms with E-state index in [9.17, 15) is 0 Å². The number of hydrogen-bond acceptors (Lipinski definition) is 0. The highest BCUT2D eigenvalue weighted by atomic mass is 35.6. The molecule has 0 saturated heterocycles. The number of hydrogen-bond donors (Lipinski definition) is 0. The third-order valence-corrected chi connectivity index (χ3v) is 2.71. The second-order valence-electron chi connectivity index (χ2n) is 4.27. The minimum absolute atomic E-state index is 1.08. The van der Waals surface area contributed by atoms with Crippen LogP contribution in [-0.2, 0) is 6.42 Å². The summed E-state index contributed by atoms with van der Waals surface area (Å²) in [5, 5.41) is 0. The second kappa shape index (κ2) is 5.52. The fourth-order valence-electron chi connectivity index (χ4n) is 2.08.